The van der Waals surface area contributed by atoms with Gasteiger partial charge < -0.3 is 24.4 Å². The Labute approximate surface area is 210 Å². The summed E-state index contributed by atoms with van der Waals surface area (Å²) in [4.78, 5) is 27.5. The predicted octanol–water partition coefficient (Wildman–Crippen LogP) is 3.59. The lowest BCUT2D eigenvalue weighted by Gasteiger charge is -2.27. The van der Waals surface area contributed by atoms with Gasteiger partial charge in [0.2, 0.25) is 0 Å². The van der Waals surface area contributed by atoms with Crippen molar-refractivity contribution in [2.24, 2.45) is 5.10 Å². The van der Waals surface area contributed by atoms with Crippen molar-refractivity contribution in [2.75, 3.05) is 47.6 Å². The van der Waals surface area contributed by atoms with Crippen LogP contribution in [0.2, 0.25) is 0 Å². The van der Waals surface area contributed by atoms with Crippen molar-refractivity contribution < 1.29 is 28.2 Å². The van der Waals surface area contributed by atoms with Crippen molar-refractivity contribution in [1.29, 1.82) is 0 Å². The maximum absolute atomic E-state index is 14.8. The van der Waals surface area contributed by atoms with Crippen molar-refractivity contribution in [3.63, 3.8) is 0 Å². The molecular weight excluding hydrogens is 467 g/mol. The van der Waals surface area contributed by atoms with Crippen LogP contribution in [0.15, 0.2) is 47.6 Å². The number of rotatable bonds is 11. The van der Waals surface area contributed by atoms with Crippen LogP contribution in [0, 0.1) is 5.82 Å². The molecule has 2 aromatic rings. The molecule has 1 atom stereocenters. The Morgan fingerprint density at radius 3 is 2.61 bits per heavy atom. The second-order valence-electron chi connectivity index (χ2n) is 8.24. The lowest BCUT2D eigenvalue weighted by molar-refractivity contribution is -0.133. The topological polar surface area (TPSA) is 92.7 Å². The smallest absolute Gasteiger partial charge is 0.317 e. The maximum atomic E-state index is 14.8. The number of hydrogen-bond acceptors (Lipinski definition) is 6. The van der Waals surface area contributed by atoms with Gasteiger partial charge in [-0.1, -0.05) is 25.1 Å². The Morgan fingerprint density at radius 2 is 1.94 bits per heavy atom. The number of nitrogens with one attached hydrogen (secondary N) is 1. The monoisotopic (exact) mass is 500 g/mol. The van der Waals surface area contributed by atoms with Crippen LogP contribution in [0.4, 0.5) is 9.18 Å². The standard InChI is InChI=1S/C26H33FN4O5/c1-5-12-28-26(33)30(13-14-34-2)17-25(32)31-23(19-8-6-7-9-21(19)27)16-22(29-31)20-11-10-18(35-3)15-24(20)36-4/h6-11,15,23H,5,12-14,16-17H2,1-4H3,(H,28,33)/t23-/m1/s1. The highest BCUT2D eigenvalue weighted by Gasteiger charge is 2.36. The zero-order valence-corrected chi connectivity index (χ0v) is 21.1. The molecule has 1 N–H and O–H groups in total. The summed E-state index contributed by atoms with van der Waals surface area (Å²) < 4.78 is 30.7. The summed E-state index contributed by atoms with van der Waals surface area (Å²) in [6.07, 6.45) is 1.03. The summed E-state index contributed by atoms with van der Waals surface area (Å²) in [7, 11) is 4.62. The van der Waals surface area contributed by atoms with Crippen LogP contribution >= 0.6 is 0 Å². The fourth-order valence-electron chi connectivity index (χ4n) is 3.96. The number of hydrogen-bond donors (Lipinski definition) is 1. The third kappa shape index (κ3) is 6.31. The zero-order chi connectivity index (χ0) is 26.1. The van der Waals surface area contributed by atoms with Gasteiger partial charge in [-0.3, -0.25) is 4.79 Å². The van der Waals surface area contributed by atoms with Gasteiger partial charge in [0, 0.05) is 43.8 Å². The van der Waals surface area contributed by atoms with Crippen molar-refractivity contribution in [2.45, 2.75) is 25.8 Å². The molecule has 1 heterocycles. The summed E-state index contributed by atoms with van der Waals surface area (Å²) in [5.41, 5.74) is 1.58. The van der Waals surface area contributed by atoms with Gasteiger partial charge >= 0.3 is 6.03 Å². The number of nitrogens with zero attached hydrogens (tertiary/aromatic N) is 3. The molecule has 0 spiro atoms. The van der Waals surface area contributed by atoms with Gasteiger partial charge in [-0.15, -0.1) is 0 Å². The first-order valence-electron chi connectivity index (χ1n) is 11.8. The average molecular weight is 501 g/mol. The molecule has 3 amide bonds. The van der Waals surface area contributed by atoms with Crippen molar-refractivity contribution >= 4 is 17.6 Å². The highest BCUT2D eigenvalue weighted by atomic mass is 19.1. The zero-order valence-electron chi connectivity index (χ0n) is 21.1. The van der Waals surface area contributed by atoms with Gasteiger partial charge in [0.15, 0.2) is 0 Å². The molecule has 10 heteroatoms. The molecule has 9 nitrogen and oxygen atoms in total. The van der Waals surface area contributed by atoms with Crippen LogP contribution in [-0.4, -0.2) is 75.1 Å². The Bertz CT molecular complexity index is 1090. The van der Waals surface area contributed by atoms with Gasteiger partial charge in [0.1, 0.15) is 23.9 Å². The summed E-state index contributed by atoms with van der Waals surface area (Å²) >= 11 is 0. The van der Waals surface area contributed by atoms with Gasteiger partial charge in [0.05, 0.1) is 32.6 Å². The average Bonchev–Trinajstić information content (AvgIpc) is 3.34. The number of benzene rings is 2. The maximum Gasteiger partial charge on any atom is 0.317 e. The minimum Gasteiger partial charge on any atom is -0.497 e. The Morgan fingerprint density at radius 1 is 1.17 bits per heavy atom. The number of hydrazone groups is 1. The molecule has 0 saturated heterocycles. The molecule has 1 aliphatic rings. The van der Waals surface area contributed by atoms with E-state index in [1.54, 1.807) is 43.5 Å². The van der Waals surface area contributed by atoms with E-state index in [1.165, 1.54) is 30.2 Å². The number of halogens is 1. The Balaban J connectivity index is 1.95. The highest BCUT2D eigenvalue weighted by molar-refractivity contribution is 6.05. The Hall–Kier alpha value is -3.66. The van der Waals surface area contributed by atoms with E-state index in [-0.39, 0.29) is 32.1 Å². The van der Waals surface area contributed by atoms with E-state index in [0.717, 1.165) is 6.42 Å². The fourth-order valence-corrected chi connectivity index (χ4v) is 3.96. The van der Waals surface area contributed by atoms with Crippen LogP contribution in [0.1, 0.15) is 36.9 Å². The quantitative estimate of drug-likeness (QED) is 0.509. The Kier molecular flexibility index (Phi) is 9.63. The molecule has 0 fully saturated rings. The van der Waals surface area contributed by atoms with E-state index in [2.05, 4.69) is 10.4 Å². The number of ether oxygens (including phenoxy) is 3. The largest absolute Gasteiger partial charge is 0.497 e. The van der Waals surface area contributed by atoms with Crippen LogP contribution in [0.5, 0.6) is 11.5 Å². The molecule has 0 bridgehead atoms. The number of carbonyl (C=O) groups excluding carboxylic acids is 2. The summed E-state index contributed by atoms with van der Waals surface area (Å²) in [6, 6.07) is 10.6. The number of amides is 3. The molecule has 194 valence electrons. The molecule has 1 aliphatic heterocycles. The summed E-state index contributed by atoms with van der Waals surface area (Å²) in [5.74, 6) is 0.263. The van der Waals surface area contributed by atoms with Gasteiger partial charge in [-0.2, -0.15) is 5.10 Å². The summed E-state index contributed by atoms with van der Waals surface area (Å²) in [5, 5.41) is 8.65. The van der Waals surface area contributed by atoms with Gasteiger partial charge in [-0.25, -0.2) is 14.2 Å². The van der Waals surface area contributed by atoms with Crippen molar-refractivity contribution in [3.05, 3.63) is 59.4 Å². The molecule has 0 aliphatic carbocycles. The van der Waals surface area contributed by atoms with Crippen LogP contribution in [-0.2, 0) is 9.53 Å². The molecule has 36 heavy (non-hydrogen) atoms. The van der Waals surface area contributed by atoms with E-state index in [0.29, 0.717) is 34.9 Å². The highest BCUT2D eigenvalue weighted by Crippen LogP contribution is 2.37. The number of urea groups is 1. The fraction of sp³-hybridized carbons (Fsp3) is 0.423. The van der Waals surface area contributed by atoms with Crippen LogP contribution in [0.25, 0.3) is 0 Å². The molecule has 3 rings (SSSR count). The van der Waals surface area contributed by atoms with E-state index < -0.39 is 17.8 Å². The second-order valence-corrected chi connectivity index (χ2v) is 8.24. The van der Waals surface area contributed by atoms with E-state index in [1.807, 2.05) is 6.92 Å². The SMILES string of the molecule is CCCNC(=O)N(CCOC)CC(=O)N1N=C(c2ccc(OC)cc2OC)C[C@@H]1c1ccccc1F. The molecule has 2 aromatic carbocycles. The molecular formula is C26H33FN4O5. The first-order chi connectivity index (χ1) is 17.4. The van der Waals surface area contributed by atoms with Crippen molar-refractivity contribution in [3.8, 4) is 11.5 Å². The van der Waals surface area contributed by atoms with E-state index >= 15 is 0 Å². The number of methoxy groups -OCH3 is 3. The van der Waals surface area contributed by atoms with Crippen LogP contribution < -0.4 is 14.8 Å². The molecule has 0 radical (unpaired) electrons. The lowest BCUT2D eigenvalue weighted by Crippen LogP contribution is -2.47. The summed E-state index contributed by atoms with van der Waals surface area (Å²) in [6.45, 7) is 2.68. The van der Waals surface area contributed by atoms with Crippen LogP contribution in [0.3, 0.4) is 0 Å². The minimum absolute atomic E-state index is 0.221. The van der Waals surface area contributed by atoms with Crippen molar-refractivity contribution in [1.82, 2.24) is 15.2 Å². The minimum atomic E-state index is -0.677. The first-order valence-corrected chi connectivity index (χ1v) is 11.8. The third-order valence-electron chi connectivity index (χ3n) is 5.85. The van der Waals surface area contributed by atoms with E-state index in [4.69, 9.17) is 14.2 Å². The van der Waals surface area contributed by atoms with Gasteiger partial charge in [-0.05, 0) is 24.6 Å². The molecule has 0 aromatic heterocycles. The van der Waals surface area contributed by atoms with Gasteiger partial charge in [0.25, 0.3) is 5.91 Å². The lowest BCUT2D eigenvalue weighted by atomic mass is 9.97. The molecule has 0 saturated carbocycles. The third-order valence-corrected chi connectivity index (χ3v) is 5.85. The second kappa shape index (κ2) is 12.9. The van der Waals surface area contributed by atoms with E-state index in [9.17, 15) is 14.0 Å². The first kappa shape index (κ1) is 26.9. The predicted molar refractivity (Wildman–Crippen MR) is 134 cm³/mol. The number of carbonyl (C=O) groups is 2. The normalized spacial score (nSPS) is 14.9. The molecule has 0 unspecified atom stereocenters.